The van der Waals surface area contributed by atoms with E-state index in [9.17, 15) is 0 Å². The average molecular weight is 784 g/mol. The molecule has 0 spiro atoms. The monoisotopic (exact) mass is 783 g/mol. The van der Waals surface area contributed by atoms with Crippen molar-refractivity contribution in [1.29, 1.82) is 0 Å². The molecule has 0 N–H and O–H groups in total. The Morgan fingerprint density at radius 3 is 1.92 bits per heavy atom. The molecule has 1 aliphatic carbocycles. The van der Waals surface area contributed by atoms with Crippen LogP contribution in [0.15, 0.2) is 164 Å². The van der Waals surface area contributed by atoms with Crippen LogP contribution in [0.2, 0.25) is 0 Å². The predicted octanol–water partition coefficient (Wildman–Crippen LogP) is 13.7. The van der Waals surface area contributed by atoms with Crippen LogP contribution in [0.4, 0.5) is 0 Å². The van der Waals surface area contributed by atoms with E-state index in [1.54, 1.807) is 11.3 Å². The molecular formula is C54H33N5S. The highest BCUT2D eigenvalue weighted by atomic mass is 32.1. The topological polar surface area (TPSA) is 48.5 Å². The third-order valence-electron chi connectivity index (χ3n) is 12.6. The zero-order chi connectivity index (χ0) is 39.7. The molecule has 8 aromatic carbocycles. The molecule has 0 bridgehead atoms. The summed E-state index contributed by atoms with van der Waals surface area (Å²) in [6, 6.07) is 65.1. The lowest BCUT2D eigenvalue weighted by Gasteiger charge is -2.21. The van der Waals surface area contributed by atoms with Crippen molar-refractivity contribution in [1.82, 2.24) is 24.1 Å². The number of hydrogen-bond acceptors (Lipinski definition) is 4. The van der Waals surface area contributed by atoms with E-state index in [0.29, 0.717) is 17.6 Å². The fraction of sp³-hybridized carbons (Fsp3) is 0.0556. The van der Waals surface area contributed by atoms with Gasteiger partial charge in [0.15, 0.2) is 11.6 Å². The second-order valence-corrected chi connectivity index (χ2v) is 17.4. The molecule has 13 rings (SSSR count). The van der Waals surface area contributed by atoms with E-state index in [4.69, 9.17) is 15.0 Å². The van der Waals surface area contributed by atoms with Crippen LogP contribution in [-0.2, 0) is 5.41 Å². The van der Waals surface area contributed by atoms with Gasteiger partial charge in [0.05, 0.1) is 27.5 Å². The Morgan fingerprint density at radius 1 is 0.483 bits per heavy atom. The number of aromatic nitrogens is 5. The van der Waals surface area contributed by atoms with E-state index in [1.165, 1.54) is 43.2 Å². The molecule has 0 unspecified atom stereocenters. The molecule has 60 heavy (non-hydrogen) atoms. The van der Waals surface area contributed by atoms with Gasteiger partial charge in [-0.05, 0) is 82.9 Å². The molecule has 280 valence electrons. The molecule has 12 aromatic rings. The minimum Gasteiger partial charge on any atom is -0.309 e. The van der Waals surface area contributed by atoms with Gasteiger partial charge in [0.25, 0.3) is 0 Å². The highest BCUT2D eigenvalue weighted by molar-refractivity contribution is 7.25. The van der Waals surface area contributed by atoms with Crippen LogP contribution in [0.25, 0.3) is 109 Å². The molecule has 0 saturated carbocycles. The maximum atomic E-state index is 5.33. The zero-order valence-electron chi connectivity index (χ0n) is 32.7. The molecule has 6 heteroatoms. The molecule has 0 saturated heterocycles. The van der Waals surface area contributed by atoms with Gasteiger partial charge in [-0.3, -0.25) is 4.57 Å². The van der Waals surface area contributed by atoms with Crippen LogP contribution in [0.5, 0.6) is 0 Å². The first kappa shape index (κ1) is 33.4. The van der Waals surface area contributed by atoms with Crippen molar-refractivity contribution in [2.45, 2.75) is 19.3 Å². The van der Waals surface area contributed by atoms with Gasteiger partial charge in [-0.2, -0.15) is 9.97 Å². The molecule has 4 heterocycles. The lowest BCUT2D eigenvalue weighted by Crippen LogP contribution is -2.14. The normalized spacial score (nSPS) is 13.2. The Hall–Kier alpha value is -7.59. The lowest BCUT2D eigenvalue weighted by atomic mass is 9.82. The molecule has 0 atom stereocenters. The maximum absolute atomic E-state index is 5.33. The van der Waals surface area contributed by atoms with Gasteiger partial charge < -0.3 is 4.57 Å². The third kappa shape index (κ3) is 4.67. The van der Waals surface area contributed by atoms with Gasteiger partial charge in [0.1, 0.15) is 0 Å². The number of nitrogens with zero attached hydrogens (tertiary/aromatic N) is 5. The average Bonchev–Trinajstić information content (AvgIpc) is 4.00. The summed E-state index contributed by atoms with van der Waals surface area (Å²) in [5.74, 6) is 1.80. The molecule has 0 aliphatic heterocycles. The van der Waals surface area contributed by atoms with Crippen LogP contribution in [0.1, 0.15) is 25.0 Å². The number of benzene rings is 7. The highest BCUT2D eigenvalue weighted by Crippen LogP contribution is 2.51. The summed E-state index contributed by atoms with van der Waals surface area (Å²) in [5, 5.41) is 7.03. The number of para-hydroxylation sites is 3. The molecule has 0 amide bonds. The second-order valence-electron chi connectivity index (χ2n) is 16.3. The van der Waals surface area contributed by atoms with Gasteiger partial charge in [0.2, 0.25) is 5.95 Å². The zero-order valence-corrected chi connectivity index (χ0v) is 33.5. The first-order valence-electron chi connectivity index (χ1n) is 20.3. The Labute approximate surface area is 349 Å². The number of fused-ring (bicyclic) bond motifs is 12. The smallest absolute Gasteiger partial charge is 0.238 e. The van der Waals surface area contributed by atoms with E-state index in [-0.39, 0.29) is 5.41 Å². The summed E-state index contributed by atoms with van der Waals surface area (Å²) in [7, 11) is 0. The number of thiophene rings is 1. The number of hydrogen-bond donors (Lipinski definition) is 0. The van der Waals surface area contributed by atoms with Crippen LogP contribution in [0.3, 0.4) is 0 Å². The van der Waals surface area contributed by atoms with E-state index < -0.39 is 0 Å². The minimum atomic E-state index is -0.122. The van der Waals surface area contributed by atoms with Crippen molar-refractivity contribution < 1.29 is 0 Å². The van der Waals surface area contributed by atoms with Crippen molar-refractivity contribution in [2.24, 2.45) is 0 Å². The molecule has 5 nitrogen and oxygen atoms in total. The summed E-state index contributed by atoms with van der Waals surface area (Å²) in [5.41, 5.74) is 12.6. The van der Waals surface area contributed by atoms with E-state index in [0.717, 1.165) is 59.6 Å². The van der Waals surface area contributed by atoms with Gasteiger partial charge in [-0.25, -0.2) is 4.98 Å². The molecular weight excluding hydrogens is 751 g/mol. The summed E-state index contributed by atoms with van der Waals surface area (Å²) in [6.07, 6.45) is 0. The maximum Gasteiger partial charge on any atom is 0.238 e. The van der Waals surface area contributed by atoms with Gasteiger partial charge in [0, 0.05) is 58.6 Å². The lowest BCUT2D eigenvalue weighted by molar-refractivity contribution is 0.661. The van der Waals surface area contributed by atoms with Gasteiger partial charge >= 0.3 is 0 Å². The van der Waals surface area contributed by atoms with Crippen molar-refractivity contribution in [3.05, 3.63) is 187 Å². The third-order valence-corrected chi connectivity index (χ3v) is 13.8. The Morgan fingerprint density at radius 2 is 1.15 bits per heavy atom. The fourth-order valence-corrected chi connectivity index (χ4v) is 10.9. The Kier molecular flexibility index (Phi) is 6.80. The summed E-state index contributed by atoms with van der Waals surface area (Å²) in [6.45, 7) is 4.69. The Balaban J connectivity index is 1.04. The van der Waals surface area contributed by atoms with Gasteiger partial charge in [-0.1, -0.05) is 129 Å². The van der Waals surface area contributed by atoms with Crippen LogP contribution in [-0.4, -0.2) is 24.1 Å². The molecule has 4 aromatic heterocycles. The number of rotatable bonds is 4. The minimum absolute atomic E-state index is 0.122. The predicted molar refractivity (Wildman–Crippen MR) is 248 cm³/mol. The first-order valence-corrected chi connectivity index (χ1v) is 21.1. The van der Waals surface area contributed by atoms with Gasteiger partial charge in [-0.15, -0.1) is 11.3 Å². The fourth-order valence-electron chi connectivity index (χ4n) is 9.82. The standard InChI is InChI=1S/C54H33N5S/c1-54(2)43-21-8-3-16-35(43)41-30-42-38-19-6-9-22-45(38)58(48(42)31-44(41)54)34-15-13-14-32(28-34)51-55-52(33-26-27-40-39-20-7-12-25-49(39)60-50(40)29-33)57-53(56-51)59-46-23-10-4-17-36(46)37-18-5-11-24-47(37)59/h3-6,8-19,21-31H,1-2H3. The highest BCUT2D eigenvalue weighted by Gasteiger charge is 2.36. The van der Waals surface area contributed by atoms with E-state index in [1.807, 2.05) is 6.07 Å². The van der Waals surface area contributed by atoms with Crippen molar-refractivity contribution in [3.63, 3.8) is 0 Å². The van der Waals surface area contributed by atoms with Crippen molar-refractivity contribution in [2.75, 3.05) is 0 Å². The quantitative estimate of drug-likeness (QED) is 0.179. The first-order chi connectivity index (χ1) is 29.5. The van der Waals surface area contributed by atoms with Crippen LogP contribution >= 0.6 is 11.3 Å². The van der Waals surface area contributed by atoms with Crippen LogP contribution < -0.4 is 0 Å². The summed E-state index contributed by atoms with van der Waals surface area (Å²) < 4.78 is 6.93. The molecule has 0 radical (unpaired) electrons. The van der Waals surface area contributed by atoms with Crippen LogP contribution in [0, 0.1) is 12.1 Å². The molecule has 0 fully saturated rings. The van der Waals surface area contributed by atoms with E-state index in [2.05, 4.69) is 193 Å². The van der Waals surface area contributed by atoms with Crippen molar-refractivity contribution >= 4 is 75.1 Å². The van der Waals surface area contributed by atoms with Crippen molar-refractivity contribution in [3.8, 4) is 45.5 Å². The SMILES string of the molecule is CC1(C)c2ccccc2-c2cc3c4ccccc4n(-c4cccc(-c5nc(-c6ccc7c(c6)sc6ccc#cc67)nc(-n6c7ccccc7c7ccccc76)n5)c4)c3cc21. The largest absolute Gasteiger partial charge is 0.309 e. The summed E-state index contributed by atoms with van der Waals surface area (Å²) >= 11 is 1.75. The second kappa shape index (κ2) is 12.2. The summed E-state index contributed by atoms with van der Waals surface area (Å²) in [4.78, 5) is 15.9. The Bertz CT molecular complexity index is 3720. The molecule has 1 aliphatic rings. The van der Waals surface area contributed by atoms with E-state index >= 15 is 0 Å².